The van der Waals surface area contributed by atoms with E-state index in [9.17, 15) is 0 Å². The predicted molar refractivity (Wildman–Crippen MR) is 53.9 cm³/mol. The van der Waals surface area contributed by atoms with Crippen LogP contribution in [0.3, 0.4) is 0 Å². The zero-order chi connectivity index (χ0) is 11.0. The van der Waals surface area contributed by atoms with Crippen LogP contribution in [0.15, 0.2) is 0 Å². The van der Waals surface area contributed by atoms with Gasteiger partial charge in [0, 0.05) is 19.6 Å². The molecule has 0 heterocycles. The quantitative estimate of drug-likeness (QED) is 0.392. The van der Waals surface area contributed by atoms with Gasteiger partial charge >= 0.3 is 8.60 Å². The van der Waals surface area contributed by atoms with Crippen LogP contribution in [-0.4, -0.2) is 49.7 Å². The van der Waals surface area contributed by atoms with Crippen molar-refractivity contribution in [2.45, 2.75) is 12.2 Å². The van der Waals surface area contributed by atoms with E-state index >= 15 is 0 Å². The Morgan fingerprint density at radius 2 is 2.00 bits per heavy atom. The van der Waals surface area contributed by atoms with E-state index in [1.54, 1.807) is 0 Å². The maximum absolute atomic E-state index is 8.73. The summed E-state index contributed by atoms with van der Waals surface area (Å²) in [5.74, 6) is -0.367. The van der Waals surface area contributed by atoms with Crippen molar-refractivity contribution in [1.82, 2.24) is 0 Å². The second-order valence-corrected chi connectivity index (χ2v) is 3.81. The van der Waals surface area contributed by atoms with Crippen molar-refractivity contribution in [2.75, 3.05) is 26.9 Å². The lowest BCUT2D eigenvalue weighted by molar-refractivity contribution is 0.103. The molecule has 0 bridgehead atoms. The molecule has 0 aliphatic carbocycles. The summed E-state index contributed by atoms with van der Waals surface area (Å²) < 4.78 is 9.57. The first-order valence-electron chi connectivity index (χ1n) is 4.26. The van der Waals surface area contributed by atoms with Crippen molar-refractivity contribution in [1.29, 1.82) is 0 Å². The Hall–Kier alpha value is 0.295. The molecule has 0 aromatic rings. The highest BCUT2D eigenvalue weighted by molar-refractivity contribution is 7.39. The summed E-state index contributed by atoms with van der Waals surface area (Å²) in [7, 11) is 4.74. The van der Waals surface area contributed by atoms with Crippen LogP contribution in [0.1, 0.15) is 6.42 Å². The molecular formula is C7H16BO5P. The first kappa shape index (κ1) is 14.3. The van der Waals surface area contributed by atoms with E-state index in [1.165, 1.54) is 7.11 Å². The summed E-state index contributed by atoms with van der Waals surface area (Å²) in [5, 5.41) is 8.73. The van der Waals surface area contributed by atoms with E-state index in [1.807, 2.05) is 0 Å². The van der Waals surface area contributed by atoms with Crippen LogP contribution in [0.5, 0.6) is 0 Å². The van der Waals surface area contributed by atoms with Crippen LogP contribution in [0.2, 0.25) is 5.82 Å². The molecule has 7 heteroatoms. The van der Waals surface area contributed by atoms with Crippen molar-refractivity contribution in [3.05, 3.63) is 0 Å². The van der Waals surface area contributed by atoms with Crippen LogP contribution in [0.4, 0.5) is 0 Å². The van der Waals surface area contributed by atoms with Crippen molar-refractivity contribution >= 4 is 16.4 Å². The van der Waals surface area contributed by atoms with Gasteiger partial charge in [-0.05, 0) is 6.42 Å². The summed E-state index contributed by atoms with van der Waals surface area (Å²) in [6.45, 7) is 0.477. The minimum absolute atomic E-state index is 0.0357. The van der Waals surface area contributed by atoms with Gasteiger partial charge in [-0.1, -0.05) is 5.82 Å². The third-order valence-electron chi connectivity index (χ3n) is 1.70. The Morgan fingerprint density at radius 3 is 2.43 bits per heavy atom. The molecule has 2 atom stereocenters. The molecule has 5 nitrogen and oxygen atoms in total. The Balaban J connectivity index is 3.76. The molecule has 0 amide bonds. The molecule has 3 N–H and O–H groups in total. The lowest BCUT2D eigenvalue weighted by Crippen LogP contribution is -2.17. The molecule has 2 unspecified atom stereocenters. The zero-order valence-corrected chi connectivity index (χ0v) is 9.06. The summed E-state index contributed by atoms with van der Waals surface area (Å²) in [6, 6.07) is 0. The smallest absolute Gasteiger partial charge is 0.327 e. The predicted octanol–water partition coefficient (Wildman–Crippen LogP) is -0.184. The van der Waals surface area contributed by atoms with Crippen LogP contribution < -0.4 is 0 Å². The highest BCUT2D eigenvalue weighted by Gasteiger charge is 2.14. The molecule has 14 heavy (non-hydrogen) atoms. The second kappa shape index (κ2) is 8.59. The van der Waals surface area contributed by atoms with Crippen molar-refractivity contribution in [2.24, 2.45) is 5.92 Å². The molecule has 0 aromatic heterocycles. The van der Waals surface area contributed by atoms with Gasteiger partial charge in [-0.25, -0.2) is 0 Å². The molecule has 2 radical (unpaired) electrons. The molecular weight excluding hydrogens is 206 g/mol. The van der Waals surface area contributed by atoms with Gasteiger partial charge < -0.3 is 24.2 Å². The fourth-order valence-electron chi connectivity index (χ4n) is 1.09. The van der Waals surface area contributed by atoms with E-state index in [0.717, 1.165) is 0 Å². The highest BCUT2D eigenvalue weighted by Crippen LogP contribution is 2.27. The van der Waals surface area contributed by atoms with E-state index in [-0.39, 0.29) is 24.9 Å². The Bertz CT molecular complexity index is 137. The molecule has 0 saturated heterocycles. The first-order chi connectivity index (χ1) is 6.60. The molecule has 0 aliphatic rings. The van der Waals surface area contributed by atoms with E-state index < -0.39 is 8.60 Å². The fourth-order valence-corrected chi connectivity index (χ4v) is 1.44. The lowest BCUT2D eigenvalue weighted by atomic mass is 9.81. The second-order valence-electron chi connectivity index (χ2n) is 3.05. The standard InChI is InChI=1S/C7H16BO5P/c1-12-4-6(2-7(8)3-9)5-13-14(10)11/h6-7,9-11H,2-5H2,1H3. The van der Waals surface area contributed by atoms with Crippen molar-refractivity contribution in [3.63, 3.8) is 0 Å². The van der Waals surface area contributed by atoms with Crippen LogP contribution in [0, 0.1) is 5.92 Å². The maximum atomic E-state index is 8.73. The molecule has 0 aromatic carbocycles. The van der Waals surface area contributed by atoms with Gasteiger partial charge in [0.15, 0.2) is 0 Å². The average Bonchev–Trinajstić information content (AvgIpc) is 2.14. The monoisotopic (exact) mass is 222 g/mol. The van der Waals surface area contributed by atoms with Crippen molar-refractivity contribution < 1.29 is 24.2 Å². The summed E-state index contributed by atoms with van der Waals surface area (Å²) in [6.07, 6.45) is 0.521. The summed E-state index contributed by atoms with van der Waals surface area (Å²) in [4.78, 5) is 17.1. The minimum Gasteiger partial charge on any atom is -0.397 e. The fraction of sp³-hybridized carbons (Fsp3) is 1.00. The minimum atomic E-state index is -2.33. The van der Waals surface area contributed by atoms with Gasteiger partial charge in [-0.3, -0.25) is 0 Å². The summed E-state index contributed by atoms with van der Waals surface area (Å²) >= 11 is 0. The van der Waals surface area contributed by atoms with Gasteiger partial charge in [-0.15, -0.1) is 0 Å². The van der Waals surface area contributed by atoms with Gasteiger partial charge in [0.25, 0.3) is 0 Å². The van der Waals surface area contributed by atoms with E-state index in [0.29, 0.717) is 13.0 Å². The van der Waals surface area contributed by atoms with Crippen molar-refractivity contribution in [3.8, 4) is 0 Å². The average molecular weight is 222 g/mol. The van der Waals surface area contributed by atoms with Crippen LogP contribution in [-0.2, 0) is 9.26 Å². The SMILES string of the molecule is [B]C(CO)CC(COC)COP(O)O. The molecule has 0 aliphatic heterocycles. The molecule has 0 saturated carbocycles. The third-order valence-corrected chi connectivity index (χ3v) is 2.08. The Labute approximate surface area is 86.5 Å². The topological polar surface area (TPSA) is 79.2 Å². The van der Waals surface area contributed by atoms with E-state index in [2.05, 4.69) is 4.52 Å². The van der Waals surface area contributed by atoms with Gasteiger partial charge in [-0.2, -0.15) is 0 Å². The molecule has 82 valence electrons. The first-order valence-corrected chi connectivity index (χ1v) is 5.42. The number of rotatable bonds is 8. The lowest BCUT2D eigenvalue weighted by Gasteiger charge is -2.19. The highest BCUT2D eigenvalue weighted by atomic mass is 31.2. The maximum Gasteiger partial charge on any atom is 0.327 e. The number of ether oxygens (including phenoxy) is 1. The molecule has 0 rings (SSSR count). The largest absolute Gasteiger partial charge is 0.397 e. The van der Waals surface area contributed by atoms with Gasteiger partial charge in [0.05, 0.1) is 21.1 Å². The van der Waals surface area contributed by atoms with Gasteiger partial charge in [0.2, 0.25) is 0 Å². The number of aliphatic hydroxyl groups is 1. The number of hydrogen-bond donors (Lipinski definition) is 3. The molecule has 0 spiro atoms. The Morgan fingerprint density at radius 1 is 1.36 bits per heavy atom. The third kappa shape index (κ3) is 7.68. The van der Waals surface area contributed by atoms with E-state index in [4.69, 9.17) is 27.5 Å². The zero-order valence-electron chi connectivity index (χ0n) is 8.17. The normalized spacial score (nSPS) is 15.8. The number of hydrogen-bond acceptors (Lipinski definition) is 5. The van der Waals surface area contributed by atoms with Gasteiger partial charge in [0.1, 0.15) is 0 Å². The number of aliphatic hydroxyl groups excluding tert-OH is 1. The molecule has 0 fully saturated rings. The van der Waals surface area contributed by atoms with Crippen LogP contribution >= 0.6 is 8.60 Å². The van der Waals surface area contributed by atoms with Crippen LogP contribution in [0.25, 0.3) is 0 Å². The number of methoxy groups -OCH3 is 1. The summed E-state index contributed by atoms with van der Waals surface area (Å²) in [5.41, 5.74) is 0. The Kier molecular flexibility index (Phi) is 8.77.